The molecule has 0 bridgehead atoms. The molecule has 90 valence electrons. The molecule has 0 aliphatic rings. The Morgan fingerprint density at radius 1 is 1.62 bits per heavy atom. The van der Waals surface area contributed by atoms with Crippen LogP contribution in [0.4, 0.5) is 0 Å². The molecular weight excluding hydrogens is 310 g/mol. The van der Waals surface area contributed by atoms with Crippen molar-refractivity contribution in [1.29, 1.82) is 0 Å². The maximum absolute atomic E-state index is 11.9. The van der Waals surface area contributed by atoms with Gasteiger partial charge in [0.1, 0.15) is 4.88 Å². The summed E-state index contributed by atoms with van der Waals surface area (Å²) in [6, 6.07) is 1.90. The molecular formula is C11H15BrClNOS. The van der Waals surface area contributed by atoms with Crippen molar-refractivity contribution in [2.24, 2.45) is 5.92 Å². The molecule has 0 aliphatic carbocycles. The highest BCUT2D eigenvalue weighted by atomic mass is 79.9. The summed E-state index contributed by atoms with van der Waals surface area (Å²) in [5.41, 5.74) is 0. The van der Waals surface area contributed by atoms with E-state index in [4.69, 9.17) is 11.6 Å². The molecule has 2 nitrogen and oxygen atoms in total. The van der Waals surface area contributed by atoms with Crippen LogP contribution in [0, 0.1) is 5.92 Å². The summed E-state index contributed by atoms with van der Waals surface area (Å²) in [5, 5.41) is 6.10. The Hall–Kier alpha value is -0.0600. The summed E-state index contributed by atoms with van der Waals surface area (Å²) in [7, 11) is 0. The van der Waals surface area contributed by atoms with E-state index in [1.807, 2.05) is 5.38 Å². The second-order valence-corrected chi connectivity index (χ2v) is 6.02. The average molecular weight is 325 g/mol. The molecule has 0 saturated carbocycles. The third kappa shape index (κ3) is 4.07. The summed E-state index contributed by atoms with van der Waals surface area (Å²) >= 11 is 10.7. The molecule has 1 N–H and O–H groups in total. The Bertz CT molecular complexity index is 354. The molecule has 1 heterocycles. The summed E-state index contributed by atoms with van der Waals surface area (Å²) in [4.78, 5) is 12.5. The molecule has 1 aromatic heterocycles. The zero-order valence-corrected chi connectivity index (χ0v) is 12.5. The quantitative estimate of drug-likeness (QED) is 0.817. The van der Waals surface area contributed by atoms with E-state index in [1.165, 1.54) is 11.3 Å². The van der Waals surface area contributed by atoms with Gasteiger partial charge in [-0.3, -0.25) is 4.79 Å². The smallest absolute Gasteiger partial charge is 0.263 e. The molecule has 0 spiro atoms. The van der Waals surface area contributed by atoms with E-state index >= 15 is 0 Å². The third-order valence-corrected chi connectivity index (χ3v) is 4.22. The number of rotatable bonds is 5. The minimum Gasteiger partial charge on any atom is -0.348 e. The van der Waals surface area contributed by atoms with Crippen molar-refractivity contribution >= 4 is 44.8 Å². The summed E-state index contributed by atoms with van der Waals surface area (Å²) in [6.07, 6.45) is 0.958. The monoisotopic (exact) mass is 323 g/mol. The lowest BCUT2D eigenvalue weighted by Crippen LogP contribution is -2.36. The number of alkyl halides is 1. The maximum atomic E-state index is 11.9. The predicted octanol–water partition coefficient (Wildman–Crippen LogP) is 3.94. The Morgan fingerprint density at radius 3 is 2.75 bits per heavy atom. The Balaban J connectivity index is 2.59. The molecule has 0 radical (unpaired) electrons. The van der Waals surface area contributed by atoms with E-state index in [9.17, 15) is 4.79 Å². The van der Waals surface area contributed by atoms with Crippen molar-refractivity contribution in [3.05, 3.63) is 21.3 Å². The molecule has 1 aromatic rings. The number of amides is 1. The fraction of sp³-hybridized carbons (Fsp3) is 0.545. The van der Waals surface area contributed by atoms with Crippen molar-refractivity contribution < 1.29 is 4.79 Å². The normalized spacial score (nSPS) is 12.8. The highest BCUT2D eigenvalue weighted by Gasteiger charge is 2.17. The SMILES string of the molecule is CC(C)CC(CBr)NC(=O)c1sccc1Cl. The van der Waals surface area contributed by atoms with Crippen molar-refractivity contribution in [2.75, 3.05) is 5.33 Å². The summed E-state index contributed by atoms with van der Waals surface area (Å²) in [6.45, 7) is 4.28. The van der Waals surface area contributed by atoms with Crippen molar-refractivity contribution in [1.82, 2.24) is 5.32 Å². The minimum atomic E-state index is -0.0786. The van der Waals surface area contributed by atoms with Gasteiger partial charge in [0, 0.05) is 11.4 Å². The number of carbonyl (C=O) groups excluding carboxylic acids is 1. The van der Waals surface area contributed by atoms with Crippen LogP contribution in [0.15, 0.2) is 11.4 Å². The molecule has 5 heteroatoms. The number of hydrogen-bond donors (Lipinski definition) is 1. The van der Waals surface area contributed by atoms with E-state index in [-0.39, 0.29) is 11.9 Å². The molecule has 1 atom stereocenters. The van der Waals surface area contributed by atoms with Gasteiger partial charge in [0.2, 0.25) is 0 Å². The molecule has 1 unspecified atom stereocenters. The van der Waals surface area contributed by atoms with Crippen LogP contribution in [0.2, 0.25) is 5.02 Å². The Kier molecular flexibility index (Phi) is 5.79. The number of nitrogens with one attached hydrogen (secondary N) is 1. The lowest BCUT2D eigenvalue weighted by atomic mass is 10.1. The van der Waals surface area contributed by atoms with Gasteiger partial charge in [0.15, 0.2) is 0 Å². The average Bonchev–Trinajstić information content (AvgIpc) is 2.62. The second kappa shape index (κ2) is 6.62. The third-order valence-electron chi connectivity index (χ3n) is 2.10. The Labute approximate surface area is 114 Å². The van der Waals surface area contributed by atoms with Crippen LogP contribution in [0.1, 0.15) is 29.9 Å². The predicted molar refractivity (Wildman–Crippen MR) is 73.8 cm³/mol. The molecule has 0 aliphatic heterocycles. The first-order chi connectivity index (χ1) is 7.54. The minimum absolute atomic E-state index is 0.0786. The van der Waals surface area contributed by atoms with Crippen LogP contribution in [0.5, 0.6) is 0 Å². The highest BCUT2D eigenvalue weighted by molar-refractivity contribution is 9.09. The standard InChI is InChI=1S/C11H15BrClNOS/c1-7(2)5-8(6-12)14-11(15)10-9(13)3-4-16-10/h3-4,7-8H,5-6H2,1-2H3,(H,14,15). The van der Waals surface area contributed by atoms with E-state index in [2.05, 4.69) is 35.1 Å². The summed E-state index contributed by atoms with van der Waals surface area (Å²) < 4.78 is 0. The molecule has 16 heavy (non-hydrogen) atoms. The molecule has 0 aromatic carbocycles. The topological polar surface area (TPSA) is 29.1 Å². The van der Waals surface area contributed by atoms with Crippen LogP contribution < -0.4 is 5.32 Å². The second-order valence-electron chi connectivity index (χ2n) is 4.05. The van der Waals surface area contributed by atoms with Gasteiger partial charge in [-0.15, -0.1) is 11.3 Å². The fourth-order valence-electron chi connectivity index (χ4n) is 1.44. The van der Waals surface area contributed by atoms with E-state index < -0.39 is 0 Å². The van der Waals surface area contributed by atoms with Crippen LogP contribution >= 0.6 is 38.9 Å². The first-order valence-corrected chi connectivity index (χ1v) is 7.52. The largest absolute Gasteiger partial charge is 0.348 e. The molecule has 1 amide bonds. The fourth-order valence-corrected chi connectivity index (χ4v) is 2.91. The van der Waals surface area contributed by atoms with Crippen molar-refractivity contribution in [3.63, 3.8) is 0 Å². The van der Waals surface area contributed by atoms with Crippen LogP contribution in [-0.4, -0.2) is 17.3 Å². The first-order valence-electron chi connectivity index (χ1n) is 5.14. The van der Waals surface area contributed by atoms with Crippen LogP contribution in [0.3, 0.4) is 0 Å². The number of thiophene rings is 1. The van der Waals surface area contributed by atoms with Gasteiger partial charge in [-0.05, 0) is 23.8 Å². The van der Waals surface area contributed by atoms with Crippen LogP contribution in [0.25, 0.3) is 0 Å². The van der Waals surface area contributed by atoms with Gasteiger partial charge in [0.25, 0.3) is 5.91 Å². The van der Waals surface area contributed by atoms with Gasteiger partial charge < -0.3 is 5.32 Å². The number of hydrogen-bond acceptors (Lipinski definition) is 2. The highest BCUT2D eigenvalue weighted by Crippen LogP contribution is 2.22. The molecule has 0 saturated heterocycles. The zero-order chi connectivity index (χ0) is 12.1. The van der Waals surface area contributed by atoms with E-state index in [0.717, 1.165) is 11.8 Å². The number of carbonyl (C=O) groups is 1. The molecule has 1 rings (SSSR count). The lowest BCUT2D eigenvalue weighted by Gasteiger charge is -2.17. The Morgan fingerprint density at radius 2 is 2.31 bits per heavy atom. The van der Waals surface area contributed by atoms with Gasteiger partial charge in [-0.1, -0.05) is 41.4 Å². The van der Waals surface area contributed by atoms with Gasteiger partial charge in [-0.25, -0.2) is 0 Å². The molecule has 0 fully saturated rings. The summed E-state index contributed by atoms with van der Waals surface area (Å²) in [5.74, 6) is 0.478. The zero-order valence-electron chi connectivity index (χ0n) is 9.30. The first kappa shape index (κ1) is 14.0. The van der Waals surface area contributed by atoms with E-state index in [0.29, 0.717) is 15.8 Å². The van der Waals surface area contributed by atoms with E-state index in [1.54, 1.807) is 6.07 Å². The lowest BCUT2D eigenvalue weighted by molar-refractivity contribution is 0.0941. The van der Waals surface area contributed by atoms with Crippen LogP contribution in [-0.2, 0) is 0 Å². The maximum Gasteiger partial charge on any atom is 0.263 e. The van der Waals surface area contributed by atoms with Crippen molar-refractivity contribution in [3.8, 4) is 0 Å². The number of halogens is 2. The van der Waals surface area contributed by atoms with Gasteiger partial charge in [0.05, 0.1) is 5.02 Å². The van der Waals surface area contributed by atoms with Gasteiger partial charge >= 0.3 is 0 Å². The van der Waals surface area contributed by atoms with Gasteiger partial charge in [-0.2, -0.15) is 0 Å². The van der Waals surface area contributed by atoms with Crippen molar-refractivity contribution in [2.45, 2.75) is 26.3 Å².